The minimum atomic E-state index is 1.12. The number of quaternary nitrogens is 1. The molecule has 1 nitrogen and oxygen atoms in total. The normalized spacial score (nSPS) is 12.0. The Hall–Kier alpha value is 0.440. The van der Waals surface area contributed by atoms with Crippen LogP contribution < -0.4 is 0 Å². The van der Waals surface area contributed by atoms with Gasteiger partial charge in [-0.3, -0.25) is 0 Å². The summed E-state index contributed by atoms with van der Waals surface area (Å²) in [5.41, 5.74) is 0. The summed E-state index contributed by atoms with van der Waals surface area (Å²) in [4.78, 5) is 0. The Labute approximate surface area is 150 Å². The molecule has 0 aliphatic rings. The first-order chi connectivity index (χ1) is 10.6. The third-order valence-electron chi connectivity index (χ3n) is 4.81. The number of alkyl halides is 1. The van der Waals surface area contributed by atoms with Crippen LogP contribution >= 0.6 is 15.9 Å². The van der Waals surface area contributed by atoms with Gasteiger partial charge in [0.15, 0.2) is 0 Å². The van der Waals surface area contributed by atoms with Crippen LogP contribution in [0.4, 0.5) is 0 Å². The Morgan fingerprint density at radius 1 is 0.545 bits per heavy atom. The second-order valence-electron chi connectivity index (χ2n) is 7.67. The summed E-state index contributed by atoms with van der Waals surface area (Å²) >= 11 is 3.55. The molecule has 0 aromatic heterocycles. The molecule has 0 N–H and O–H groups in total. The molecule has 0 aliphatic heterocycles. The third kappa shape index (κ3) is 16.8. The summed E-state index contributed by atoms with van der Waals surface area (Å²) in [5.74, 6) is 0. The van der Waals surface area contributed by atoms with Crippen LogP contribution in [-0.2, 0) is 0 Å². The first-order valence-corrected chi connectivity index (χ1v) is 11.1. The van der Waals surface area contributed by atoms with Gasteiger partial charge in [-0.05, 0) is 12.8 Å². The van der Waals surface area contributed by atoms with Crippen LogP contribution in [0.5, 0.6) is 0 Å². The number of nitrogens with zero attached hydrogens (tertiary/aromatic N) is 1. The van der Waals surface area contributed by atoms with Gasteiger partial charge in [0.25, 0.3) is 0 Å². The van der Waals surface area contributed by atoms with Crippen molar-refractivity contribution < 1.29 is 4.48 Å². The van der Waals surface area contributed by atoms with Gasteiger partial charge in [0.05, 0.1) is 32.5 Å². The zero-order chi connectivity index (χ0) is 16.5. The Kier molecular flexibility index (Phi) is 16.6. The zero-order valence-electron chi connectivity index (χ0n) is 15.8. The van der Waals surface area contributed by atoms with Crippen molar-refractivity contribution in [1.29, 1.82) is 0 Å². The maximum atomic E-state index is 3.55. The summed E-state index contributed by atoms with van der Waals surface area (Å²) < 4.78 is 1.17. The lowest BCUT2D eigenvalue weighted by molar-refractivity contribution is -0.887. The first-order valence-electron chi connectivity index (χ1n) is 10.0. The number of hydrogen-bond acceptors (Lipinski definition) is 0. The van der Waals surface area contributed by atoms with Crippen LogP contribution in [0.15, 0.2) is 0 Å². The van der Waals surface area contributed by atoms with E-state index in [1.807, 2.05) is 0 Å². The van der Waals surface area contributed by atoms with Crippen LogP contribution in [0.25, 0.3) is 0 Å². The SMILES string of the molecule is CCCCCCCCCCCCCCCC[N+](C)(C)CCBr. The summed E-state index contributed by atoms with van der Waals surface area (Å²) in [7, 11) is 4.70. The van der Waals surface area contributed by atoms with E-state index < -0.39 is 0 Å². The molecule has 134 valence electrons. The standard InChI is InChI=1S/C20H43BrN/c1-4-5-6-7-8-9-10-11-12-13-14-15-16-17-19-22(2,3)20-18-21/h4-20H2,1-3H3/q+1. The summed E-state index contributed by atoms with van der Waals surface area (Å²) in [6.07, 6.45) is 20.3. The molecule has 22 heavy (non-hydrogen) atoms. The van der Waals surface area contributed by atoms with E-state index in [1.165, 1.54) is 107 Å². The molecule has 0 aromatic carbocycles. The second-order valence-corrected chi connectivity index (χ2v) is 8.46. The monoisotopic (exact) mass is 376 g/mol. The van der Waals surface area contributed by atoms with Gasteiger partial charge in [-0.1, -0.05) is 99.9 Å². The molecule has 0 bridgehead atoms. The van der Waals surface area contributed by atoms with E-state index in [-0.39, 0.29) is 0 Å². The Balaban J connectivity index is 3.11. The molecule has 0 amide bonds. The summed E-state index contributed by atoms with van der Waals surface area (Å²) in [6.45, 7) is 4.88. The van der Waals surface area contributed by atoms with Crippen molar-refractivity contribution >= 4 is 15.9 Å². The van der Waals surface area contributed by atoms with E-state index in [2.05, 4.69) is 36.9 Å². The highest BCUT2D eigenvalue weighted by Crippen LogP contribution is 2.13. The second kappa shape index (κ2) is 16.3. The Morgan fingerprint density at radius 2 is 0.909 bits per heavy atom. The molecular formula is C20H43BrN+. The smallest absolute Gasteiger partial charge is 0.0880 e. The fraction of sp³-hybridized carbons (Fsp3) is 1.00. The van der Waals surface area contributed by atoms with Crippen molar-refractivity contribution in [1.82, 2.24) is 0 Å². The van der Waals surface area contributed by atoms with Gasteiger partial charge in [-0.2, -0.15) is 0 Å². The first kappa shape index (κ1) is 22.4. The minimum absolute atomic E-state index is 1.12. The van der Waals surface area contributed by atoms with Crippen LogP contribution in [-0.4, -0.2) is 37.0 Å². The highest BCUT2D eigenvalue weighted by Gasteiger charge is 2.12. The molecule has 0 rings (SSSR count). The van der Waals surface area contributed by atoms with E-state index in [0.717, 1.165) is 5.33 Å². The molecule has 0 aliphatic carbocycles. The average molecular weight is 377 g/mol. The van der Waals surface area contributed by atoms with Gasteiger partial charge in [0, 0.05) is 0 Å². The Morgan fingerprint density at radius 3 is 1.27 bits per heavy atom. The van der Waals surface area contributed by atoms with Crippen molar-refractivity contribution in [2.24, 2.45) is 0 Å². The van der Waals surface area contributed by atoms with E-state index in [0.29, 0.717) is 0 Å². The average Bonchev–Trinajstić information content (AvgIpc) is 2.47. The number of rotatable bonds is 17. The molecule has 0 radical (unpaired) electrons. The quantitative estimate of drug-likeness (QED) is 0.146. The maximum Gasteiger partial charge on any atom is 0.0880 e. The lowest BCUT2D eigenvalue weighted by Crippen LogP contribution is -2.41. The van der Waals surface area contributed by atoms with Crippen molar-refractivity contribution in [3.63, 3.8) is 0 Å². The highest BCUT2D eigenvalue weighted by atomic mass is 79.9. The highest BCUT2D eigenvalue weighted by molar-refractivity contribution is 9.09. The van der Waals surface area contributed by atoms with Crippen molar-refractivity contribution in [2.45, 2.75) is 96.8 Å². The van der Waals surface area contributed by atoms with Crippen LogP contribution in [0, 0.1) is 0 Å². The van der Waals surface area contributed by atoms with Gasteiger partial charge >= 0.3 is 0 Å². The van der Waals surface area contributed by atoms with Crippen molar-refractivity contribution in [3.8, 4) is 0 Å². The lowest BCUT2D eigenvalue weighted by Gasteiger charge is -2.29. The molecule has 0 atom stereocenters. The van der Waals surface area contributed by atoms with E-state index in [4.69, 9.17) is 0 Å². The van der Waals surface area contributed by atoms with Crippen LogP contribution in [0.3, 0.4) is 0 Å². The molecule has 0 saturated carbocycles. The number of hydrogen-bond donors (Lipinski definition) is 0. The van der Waals surface area contributed by atoms with Crippen LogP contribution in [0.2, 0.25) is 0 Å². The number of unbranched alkanes of at least 4 members (excludes halogenated alkanes) is 13. The van der Waals surface area contributed by atoms with Gasteiger partial charge < -0.3 is 4.48 Å². The Bertz CT molecular complexity index is 216. The van der Waals surface area contributed by atoms with Gasteiger partial charge in [-0.15, -0.1) is 0 Å². The largest absolute Gasteiger partial charge is 0.328 e. The fourth-order valence-corrected chi connectivity index (χ4v) is 4.04. The molecular weight excluding hydrogens is 334 g/mol. The van der Waals surface area contributed by atoms with Crippen molar-refractivity contribution in [2.75, 3.05) is 32.5 Å². The van der Waals surface area contributed by atoms with E-state index in [1.54, 1.807) is 0 Å². The lowest BCUT2D eigenvalue weighted by atomic mass is 10.0. The van der Waals surface area contributed by atoms with Gasteiger partial charge in [-0.25, -0.2) is 0 Å². The summed E-state index contributed by atoms with van der Waals surface area (Å²) in [6, 6.07) is 0. The minimum Gasteiger partial charge on any atom is -0.328 e. The van der Waals surface area contributed by atoms with Crippen LogP contribution in [0.1, 0.15) is 96.8 Å². The fourth-order valence-electron chi connectivity index (χ4n) is 3.07. The predicted octanol–water partition coefficient (Wildman–Crippen LogP) is 6.94. The summed E-state index contributed by atoms with van der Waals surface area (Å²) in [5, 5.41) is 1.12. The third-order valence-corrected chi connectivity index (χ3v) is 5.16. The molecule has 0 saturated heterocycles. The van der Waals surface area contributed by atoms with Gasteiger partial charge in [0.2, 0.25) is 0 Å². The molecule has 0 heterocycles. The number of halogens is 1. The van der Waals surface area contributed by atoms with Crippen molar-refractivity contribution in [3.05, 3.63) is 0 Å². The predicted molar refractivity (Wildman–Crippen MR) is 106 cm³/mol. The van der Waals surface area contributed by atoms with Gasteiger partial charge in [0.1, 0.15) is 0 Å². The zero-order valence-corrected chi connectivity index (χ0v) is 17.4. The molecule has 2 heteroatoms. The van der Waals surface area contributed by atoms with E-state index in [9.17, 15) is 0 Å². The van der Waals surface area contributed by atoms with E-state index >= 15 is 0 Å². The molecule has 0 unspecified atom stereocenters. The molecule has 0 fully saturated rings. The maximum absolute atomic E-state index is 3.55. The molecule has 0 spiro atoms. The topological polar surface area (TPSA) is 0 Å². The molecule has 0 aromatic rings.